The average molecular weight is 615 g/mol. The third-order valence-corrected chi connectivity index (χ3v) is 6.36. The van der Waals surface area contributed by atoms with E-state index >= 15 is 0 Å². The van der Waals surface area contributed by atoms with Gasteiger partial charge in [-0.3, -0.25) is 19.8 Å². The van der Waals surface area contributed by atoms with E-state index in [1.807, 2.05) is 0 Å². The molecule has 0 radical (unpaired) electrons. The number of hydrogen-bond donors (Lipinski definition) is 3. The molecule has 0 unspecified atom stereocenters. The van der Waals surface area contributed by atoms with Crippen molar-refractivity contribution in [3.05, 3.63) is 90.9 Å². The zero-order chi connectivity index (χ0) is 25.3. The lowest BCUT2D eigenvalue weighted by Gasteiger charge is -2.13. The molecule has 0 bridgehead atoms. The van der Waals surface area contributed by atoms with Gasteiger partial charge in [-0.15, -0.1) is 0 Å². The van der Waals surface area contributed by atoms with Crippen LogP contribution in [0.15, 0.2) is 65.1 Å². The number of carbonyl (C=O) groups is 3. The summed E-state index contributed by atoms with van der Waals surface area (Å²) in [7, 11) is 0. The van der Waals surface area contributed by atoms with Crippen molar-refractivity contribution in [2.45, 2.75) is 0 Å². The molecule has 0 aliphatic rings. The molecule has 0 spiro atoms. The van der Waals surface area contributed by atoms with Crippen molar-refractivity contribution >= 4 is 102 Å². The van der Waals surface area contributed by atoms with Gasteiger partial charge < -0.3 is 10.6 Å². The number of hydrogen-bond acceptors (Lipinski definition) is 3. The van der Waals surface area contributed by atoms with Gasteiger partial charge in [0.15, 0.2) is 0 Å². The average Bonchev–Trinajstić information content (AvgIpc) is 3.14. The monoisotopic (exact) mass is 612 g/mol. The molecular weight excluding hydrogens is 602 g/mol. The Kier molecular flexibility index (Phi) is 7.59. The van der Waals surface area contributed by atoms with Crippen molar-refractivity contribution < 1.29 is 14.4 Å². The second-order valence-electron chi connectivity index (χ2n) is 7.17. The van der Waals surface area contributed by atoms with Crippen LogP contribution in [0.4, 0.5) is 11.4 Å². The normalized spacial score (nSPS) is 10.8. The highest BCUT2D eigenvalue weighted by Crippen LogP contribution is 2.28. The first-order chi connectivity index (χ1) is 16.6. The van der Waals surface area contributed by atoms with Crippen LogP contribution < -0.4 is 16.1 Å². The van der Waals surface area contributed by atoms with E-state index in [0.717, 1.165) is 4.47 Å². The first-order valence-electron chi connectivity index (χ1n) is 9.77. The van der Waals surface area contributed by atoms with Gasteiger partial charge in [-0.25, -0.2) is 4.68 Å². The number of aromatic nitrogens is 1. The number of amides is 3. The fourth-order valence-corrected chi connectivity index (χ4v) is 4.46. The Morgan fingerprint density at radius 3 is 1.91 bits per heavy atom. The quantitative estimate of drug-likeness (QED) is 0.217. The lowest BCUT2D eigenvalue weighted by atomic mass is 10.2. The highest BCUT2D eigenvalue weighted by Gasteiger charge is 2.22. The maximum absolute atomic E-state index is 13.1. The van der Waals surface area contributed by atoms with Gasteiger partial charge in [0.1, 0.15) is 5.69 Å². The van der Waals surface area contributed by atoms with Gasteiger partial charge in [0.25, 0.3) is 5.91 Å². The zero-order valence-corrected chi connectivity index (χ0v) is 21.9. The molecule has 0 aliphatic carbocycles. The van der Waals surface area contributed by atoms with E-state index in [1.165, 1.54) is 28.9 Å². The van der Waals surface area contributed by atoms with Crippen molar-refractivity contribution in [1.29, 1.82) is 0 Å². The molecule has 3 amide bonds. The van der Waals surface area contributed by atoms with Crippen molar-refractivity contribution in [2.75, 3.05) is 16.1 Å². The smallest absolute Gasteiger partial charge is 0.319 e. The molecule has 3 aromatic carbocycles. The maximum atomic E-state index is 13.1. The second kappa shape index (κ2) is 10.5. The number of nitrogens with zero attached hydrogens (tertiary/aromatic N) is 1. The summed E-state index contributed by atoms with van der Waals surface area (Å²) in [5.74, 6) is -2.61. The van der Waals surface area contributed by atoms with Crippen LogP contribution in [0.25, 0.3) is 10.9 Å². The number of fused-ring (bicyclic) bond motifs is 1. The molecule has 0 saturated heterocycles. The highest BCUT2D eigenvalue weighted by molar-refractivity contribution is 9.10. The van der Waals surface area contributed by atoms with Crippen LogP contribution in [0.5, 0.6) is 0 Å². The number of rotatable bonds is 4. The maximum Gasteiger partial charge on any atom is 0.328 e. The predicted octanol–water partition coefficient (Wildman–Crippen LogP) is 6.98. The summed E-state index contributed by atoms with van der Waals surface area (Å²) in [4.78, 5) is 38.4. The summed E-state index contributed by atoms with van der Waals surface area (Å²) in [6.45, 7) is 0. The van der Waals surface area contributed by atoms with Crippen LogP contribution in [0.2, 0.25) is 20.1 Å². The van der Waals surface area contributed by atoms with E-state index in [4.69, 9.17) is 46.4 Å². The van der Waals surface area contributed by atoms with E-state index < -0.39 is 17.7 Å². The molecule has 4 rings (SSSR count). The summed E-state index contributed by atoms with van der Waals surface area (Å²) >= 11 is 27.4. The Labute approximate surface area is 227 Å². The molecule has 12 heteroatoms. The summed E-state index contributed by atoms with van der Waals surface area (Å²) in [5, 5.41) is 6.91. The molecule has 0 atom stereocenters. The van der Waals surface area contributed by atoms with Crippen LogP contribution in [-0.2, 0) is 9.59 Å². The Balaban J connectivity index is 1.64. The third kappa shape index (κ3) is 5.74. The van der Waals surface area contributed by atoms with Crippen LogP contribution in [-0.4, -0.2) is 22.4 Å². The minimum absolute atomic E-state index is 0.0507. The van der Waals surface area contributed by atoms with Gasteiger partial charge in [-0.05, 0) is 60.7 Å². The molecule has 0 fully saturated rings. The van der Waals surface area contributed by atoms with Gasteiger partial charge in [-0.1, -0.05) is 62.3 Å². The predicted molar refractivity (Wildman–Crippen MR) is 144 cm³/mol. The Morgan fingerprint density at radius 2 is 1.31 bits per heavy atom. The molecule has 7 nitrogen and oxygen atoms in total. The molecule has 0 saturated carbocycles. The number of halogens is 5. The number of benzene rings is 3. The first-order valence-corrected chi connectivity index (χ1v) is 12.1. The fourth-order valence-electron chi connectivity index (χ4n) is 3.17. The molecule has 0 aliphatic heterocycles. The molecule has 1 heterocycles. The summed E-state index contributed by atoms with van der Waals surface area (Å²) < 4.78 is 1.98. The molecule has 178 valence electrons. The first kappa shape index (κ1) is 25.3. The van der Waals surface area contributed by atoms with E-state index in [9.17, 15) is 14.4 Å². The van der Waals surface area contributed by atoms with Crippen molar-refractivity contribution in [2.24, 2.45) is 0 Å². The van der Waals surface area contributed by atoms with E-state index in [2.05, 4.69) is 32.0 Å². The van der Waals surface area contributed by atoms with Gasteiger partial charge >= 0.3 is 11.8 Å². The van der Waals surface area contributed by atoms with Gasteiger partial charge in [0, 0.05) is 19.9 Å². The molecule has 1 aromatic heterocycles. The van der Waals surface area contributed by atoms with Gasteiger partial charge in [0.2, 0.25) is 0 Å². The highest BCUT2D eigenvalue weighted by atomic mass is 79.9. The van der Waals surface area contributed by atoms with Crippen molar-refractivity contribution in [1.82, 2.24) is 4.68 Å². The lowest BCUT2D eigenvalue weighted by Crippen LogP contribution is -2.36. The van der Waals surface area contributed by atoms with Crippen LogP contribution in [0, 0.1) is 0 Å². The zero-order valence-electron chi connectivity index (χ0n) is 17.3. The minimum Gasteiger partial charge on any atom is -0.319 e. The number of carbonyl (C=O) groups excluding carboxylic acids is 3. The summed E-state index contributed by atoms with van der Waals surface area (Å²) in [6.07, 6.45) is 0. The van der Waals surface area contributed by atoms with E-state index in [-0.39, 0.29) is 21.4 Å². The lowest BCUT2D eigenvalue weighted by molar-refractivity contribution is -0.133. The van der Waals surface area contributed by atoms with E-state index in [0.29, 0.717) is 26.6 Å². The van der Waals surface area contributed by atoms with Crippen molar-refractivity contribution in [3.63, 3.8) is 0 Å². The molecule has 35 heavy (non-hydrogen) atoms. The van der Waals surface area contributed by atoms with Gasteiger partial charge in [0.05, 0.1) is 26.9 Å². The number of nitrogens with one attached hydrogen (secondary N) is 3. The number of anilines is 2. The molecule has 4 aromatic rings. The Hall–Kier alpha value is -2.75. The summed E-state index contributed by atoms with van der Waals surface area (Å²) in [5.41, 5.74) is 3.51. The van der Waals surface area contributed by atoms with Crippen LogP contribution >= 0.6 is 62.3 Å². The third-order valence-electron chi connectivity index (χ3n) is 4.77. The molecular formula is C23H13BrCl4N4O3. The second-order valence-corrected chi connectivity index (χ2v) is 9.77. The molecule has 3 N–H and O–H groups in total. The van der Waals surface area contributed by atoms with E-state index in [1.54, 1.807) is 36.4 Å². The summed E-state index contributed by atoms with van der Waals surface area (Å²) in [6, 6.07) is 15.8. The fraction of sp³-hybridized carbons (Fsp3) is 0. The minimum atomic E-state index is -1.03. The Bertz CT molecular complexity index is 1510. The standard InChI is InChI=1S/C23H13BrCl4N4O3/c24-12-1-6-19-11(7-12)8-20(21(33)29-17-4-2-13(25)9-15(17)27)32(19)31-23(35)22(34)30-18-5-3-14(26)10-16(18)28/h1-10H,(H,29,33)(H,30,34)(H,31,35). The topological polar surface area (TPSA) is 92.2 Å². The Morgan fingerprint density at radius 1 is 0.714 bits per heavy atom. The van der Waals surface area contributed by atoms with Gasteiger partial charge in [-0.2, -0.15) is 0 Å². The van der Waals surface area contributed by atoms with Crippen LogP contribution in [0.1, 0.15) is 10.5 Å². The van der Waals surface area contributed by atoms with Crippen LogP contribution in [0.3, 0.4) is 0 Å². The van der Waals surface area contributed by atoms with Crippen molar-refractivity contribution in [3.8, 4) is 0 Å². The largest absolute Gasteiger partial charge is 0.328 e. The SMILES string of the molecule is O=C(Nc1ccc(Cl)cc1Cl)C(=O)Nn1c(C(=O)Nc2ccc(Cl)cc2Cl)cc2cc(Br)ccc21.